The van der Waals surface area contributed by atoms with Crippen molar-refractivity contribution in [2.24, 2.45) is 10.9 Å². The molecular weight excluding hydrogens is 467 g/mol. The van der Waals surface area contributed by atoms with Crippen LogP contribution in [0.2, 0.25) is 0 Å². The summed E-state index contributed by atoms with van der Waals surface area (Å²) >= 11 is 0. The second-order valence-corrected chi connectivity index (χ2v) is 6.24. The molecule has 0 saturated carbocycles. The first-order chi connectivity index (χ1) is 12.5. The van der Waals surface area contributed by atoms with Gasteiger partial charge < -0.3 is 20.1 Å². The van der Waals surface area contributed by atoms with Gasteiger partial charge in [-0.15, -0.1) is 24.0 Å². The first-order valence-corrected chi connectivity index (χ1v) is 9.14. The highest BCUT2D eigenvalue weighted by molar-refractivity contribution is 14.0. The van der Waals surface area contributed by atoms with Gasteiger partial charge in [0, 0.05) is 33.3 Å². The molecule has 1 rings (SSSR count). The molecule has 0 aliphatic rings. The number of guanidine groups is 1. The van der Waals surface area contributed by atoms with E-state index in [1.807, 2.05) is 18.9 Å². The van der Waals surface area contributed by atoms with E-state index in [1.165, 1.54) is 12.1 Å². The van der Waals surface area contributed by atoms with Gasteiger partial charge in [-0.2, -0.15) is 8.78 Å². The predicted octanol–water partition coefficient (Wildman–Crippen LogP) is 4.10. The number of rotatable bonds is 11. The van der Waals surface area contributed by atoms with Crippen molar-refractivity contribution in [1.82, 2.24) is 10.2 Å². The molecule has 5 nitrogen and oxygen atoms in total. The normalized spacial score (nSPS) is 12.5. The van der Waals surface area contributed by atoms with Crippen LogP contribution >= 0.6 is 24.0 Å². The molecule has 2 N–H and O–H groups in total. The monoisotopic (exact) mass is 499 g/mol. The van der Waals surface area contributed by atoms with Crippen molar-refractivity contribution < 1.29 is 18.6 Å². The molecule has 156 valence electrons. The molecule has 0 aliphatic heterocycles. The highest BCUT2D eigenvalue weighted by atomic mass is 127. The fraction of sp³-hybridized carbons (Fsp3) is 0.632. The third-order valence-electron chi connectivity index (χ3n) is 4.00. The Morgan fingerprint density at radius 1 is 1.22 bits per heavy atom. The summed E-state index contributed by atoms with van der Waals surface area (Å²) in [5.41, 5.74) is 0.972. The standard InChI is InChI=1S/C19H31F2N3O2.HI/c1-4-6-15(11-12-25)13-23-19(22-5-2)24(3)14-16-7-9-17(10-8-16)26-18(20)21;/h7-10,15,18,25H,4-6,11-14H2,1-3H3,(H,22,23);1H. The third-order valence-corrected chi connectivity index (χ3v) is 4.00. The van der Waals surface area contributed by atoms with Crippen LogP contribution in [0.3, 0.4) is 0 Å². The van der Waals surface area contributed by atoms with Crippen LogP contribution in [-0.4, -0.2) is 49.3 Å². The Kier molecular flexibility index (Phi) is 14.2. The molecule has 0 aliphatic carbocycles. The Labute approximate surface area is 178 Å². The van der Waals surface area contributed by atoms with Crippen LogP contribution in [0, 0.1) is 5.92 Å². The van der Waals surface area contributed by atoms with Gasteiger partial charge in [0.25, 0.3) is 0 Å². The van der Waals surface area contributed by atoms with Gasteiger partial charge in [0.05, 0.1) is 0 Å². The van der Waals surface area contributed by atoms with Gasteiger partial charge in [0.2, 0.25) is 0 Å². The molecule has 0 aromatic heterocycles. The molecule has 1 aromatic carbocycles. The van der Waals surface area contributed by atoms with Crippen LogP contribution in [0.1, 0.15) is 38.7 Å². The van der Waals surface area contributed by atoms with Crippen molar-refractivity contribution in [1.29, 1.82) is 0 Å². The van der Waals surface area contributed by atoms with Crippen molar-refractivity contribution >= 4 is 29.9 Å². The molecule has 0 spiro atoms. The van der Waals surface area contributed by atoms with E-state index < -0.39 is 6.61 Å². The average Bonchev–Trinajstić information content (AvgIpc) is 2.60. The lowest BCUT2D eigenvalue weighted by Gasteiger charge is -2.23. The van der Waals surface area contributed by atoms with E-state index in [9.17, 15) is 13.9 Å². The number of alkyl halides is 2. The van der Waals surface area contributed by atoms with E-state index in [0.29, 0.717) is 19.0 Å². The highest BCUT2D eigenvalue weighted by Gasteiger charge is 2.11. The largest absolute Gasteiger partial charge is 0.435 e. The topological polar surface area (TPSA) is 57.1 Å². The van der Waals surface area contributed by atoms with Crippen molar-refractivity contribution in [2.75, 3.05) is 26.7 Å². The summed E-state index contributed by atoms with van der Waals surface area (Å²) in [6, 6.07) is 6.61. The smallest absolute Gasteiger partial charge is 0.387 e. The van der Waals surface area contributed by atoms with Crippen LogP contribution in [0.15, 0.2) is 29.3 Å². The summed E-state index contributed by atoms with van der Waals surface area (Å²) in [5, 5.41) is 12.5. The molecule has 0 heterocycles. The summed E-state index contributed by atoms with van der Waals surface area (Å²) in [6.07, 6.45) is 2.87. The number of nitrogens with zero attached hydrogens (tertiary/aromatic N) is 2. The molecule has 8 heteroatoms. The van der Waals surface area contributed by atoms with Gasteiger partial charge in [0.15, 0.2) is 5.96 Å². The van der Waals surface area contributed by atoms with Gasteiger partial charge >= 0.3 is 6.61 Å². The van der Waals surface area contributed by atoms with E-state index in [4.69, 9.17) is 4.99 Å². The summed E-state index contributed by atoms with van der Waals surface area (Å²) < 4.78 is 28.8. The number of nitrogens with one attached hydrogen (secondary N) is 1. The first-order valence-electron chi connectivity index (χ1n) is 9.14. The molecule has 0 amide bonds. The van der Waals surface area contributed by atoms with Crippen molar-refractivity contribution in [3.8, 4) is 5.75 Å². The number of ether oxygens (including phenoxy) is 1. The number of hydrogen-bond acceptors (Lipinski definition) is 3. The van der Waals surface area contributed by atoms with E-state index in [2.05, 4.69) is 17.0 Å². The van der Waals surface area contributed by atoms with E-state index in [1.54, 1.807) is 12.1 Å². The predicted molar refractivity (Wildman–Crippen MR) is 116 cm³/mol. The number of benzene rings is 1. The maximum absolute atomic E-state index is 12.2. The van der Waals surface area contributed by atoms with Gasteiger partial charge in [-0.1, -0.05) is 25.5 Å². The lowest BCUT2D eigenvalue weighted by atomic mass is 10.0. The van der Waals surface area contributed by atoms with E-state index in [0.717, 1.165) is 37.3 Å². The lowest BCUT2D eigenvalue weighted by Crippen LogP contribution is -2.38. The molecule has 27 heavy (non-hydrogen) atoms. The lowest BCUT2D eigenvalue weighted by molar-refractivity contribution is -0.0498. The van der Waals surface area contributed by atoms with Crippen LogP contribution in [0.5, 0.6) is 5.75 Å². The van der Waals surface area contributed by atoms with Crippen molar-refractivity contribution in [2.45, 2.75) is 46.3 Å². The van der Waals surface area contributed by atoms with Crippen LogP contribution in [-0.2, 0) is 6.54 Å². The minimum atomic E-state index is -2.81. The van der Waals surface area contributed by atoms with Gasteiger partial charge in [0.1, 0.15) is 5.75 Å². The quantitative estimate of drug-likeness (QED) is 0.274. The fourth-order valence-electron chi connectivity index (χ4n) is 2.73. The Morgan fingerprint density at radius 2 is 1.89 bits per heavy atom. The van der Waals surface area contributed by atoms with E-state index in [-0.39, 0.29) is 36.3 Å². The zero-order valence-corrected chi connectivity index (χ0v) is 18.7. The summed E-state index contributed by atoms with van der Waals surface area (Å²) in [7, 11) is 1.94. The number of aliphatic hydroxyl groups is 1. The minimum absolute atomic E-state index is 0. The van der Waals surface area contributed by atoms with Gasteiger partial charge in [-0.3, -0.25) is 4.99 Å². The Bertz CT molecular complexity index is 524. The Morgan fingerprint density at radius 3 is 2.41 bits per heavy atom. The number of hydrogen-bond donors (Lipinski definition) is 2. The van der Waals surface area contributed by atoms with Gasteiger partial charge in [-0.05, 0) is 43.4 Å². The molecule has 0 bridgehead atoms. The van der Waals surface area contributed by atoms with Crippen LogP contribution < -0.4 is 10.1 Å². The zero-order valence-electron chi connectivity index (χ0n) is 16.3. The molecule has 0 saturated heterocycles. The first kappa shape index (κ1) is 25.8. The summed E-state index contributed by atoms with van der Waals surface area (Å²) in [6.45, 7) is 3.53. The SMILES string of the molecule is CCCC(CCO)CN=C(NCC)N(C)Cc1ccc(OC(F)F)cc1.I. The number of aliphatic hydroxyl groups excluding tert-OH is 1. The Balaban J connectivity index is 0.00000676. The average molecular weight is 499 g/mol. The molecule has 1 aromatic rings. The molecule has 0 radical (unpaired) electrons. The van der Waals surface area contributed by atoms with Crippen LogP contribution in [0.4, 0.5) is 8.78 Å². The number of halogens is 3. The molecular formula is C19H32F2IN3O2. The molecule has 1 unspecified atom stereocenters. The molecule has 0 fully saturated rings. The van der Waals surface area contributed by atoms with Crippen molar-refractivity contribution in [3.05, 3.63) is 29.8 Å². The van der Waals surface area contributed by atoms with Crippen molar-refractivity contribution in [3.63, 3.8) is 0 Å². The third kappa shape index (κ3) is 10.7. The van der Waals surface area contributed by atoms with E-state index >= 15 is 0 Å². The van der Waals surface area contributed by atoms with Crippen LogP contribution in [0.25, 0.3) is 0 Å². The zero-order chi connectivity index (χ0) is 19.4. The highest BCUT2D eigenvalue weighted by Crippen LogP contribution is 2.16. The summed E-state index contributed by atoms with van der Waals surface area (Å²) in [4.78, 5) is 6.69. The second-order valence-electron chi connectivity index (χ2n) is 6.24. The minimum Gasteiger partial charge on any atom is -0.435 e. The molecule has 1 atom stereocenters. The second kappa shape index (κ2) is 14.8. The number of aliphatic imine (C=N–C) groups is 1. The maximum atomic E-state index is 12.2. The fourth-order valence-corrected chi connectivity index (χ4v) is 2.73. The maximum Gasteiger partial charge on any atom is 0.387 e. The Hall–Kier alpha value is -1.16. The summed E-state index contributed by atoms with van der Waals surface area (Å²) in [5.74, 6) is 1.32. The van der Waals surface area contributed by atoms with Gasteiger partial charge in [-0.25, -0.2) is 0 Å².